The van der Waals surface area contributed by atoms with Gasteiger partial charge in [0.1, 0.15) is 5.75 Å². The Labute approximate surface area is 153 Å². The molecule has 0 radical (unpaired) electrons. The third-order valence-electron chi connectivity index (χ3n) is 4.72. The Morgan fingerprint density at radius 1 is 0.846 bits per heavy atom. The number of hydrogen-bond acceptors (Lipinski definition) is 5. The van der Waals surface area contributed by atoms with Gasteiger partial charge in [-0.15, -0.1) is 0 Å². The molecule has 1 heterocycles. The molecule has 0 fully saturated rings. The molecule has 2 aromatic carbocycles. The van der Waals surface area contributed by atoms with Crippen molar-refractivity contribution >= 4 is 10.8 Å². The first kappa shape index (κ1) is 17.9. The van der Waals surface area contributed by atoms with Crippen molar-refractivity contribution in [2.24, 2.45) is 0 Å². The summed E-state index contributed by atoms with van der Waals surface area (Å²) in [6, 6.07) is 7.57. The molecular formula is C21H23NO4. The summed E-state index contributed by atoms with van der Waals surface area (Å²) in [6.07, 6.45) is 0. The highest BCUT2D eigenvalue weighted by Gasteiger charge is 2.17. The van der Waals surface area contributed by atoms with E-state index >= 15 is 0 Å². The molecule has 0 unspecified atom stereocenters. The average molecular weight is 353 g/mol. The molecule has 0 aliphatic carbocycles. The van der Waals surface area contributed by atoms with Gasteiger partial charge < -0.3 is 19.3 Å². The van der Waals surface area contributed by atoms with Crippen LogP contribution in [-0.4, -0.2) is 31.4 Å². The van der Waals surface area contributed by atoms with Crippen LogP contribution in [0.15, 0.2) is 24.3 Å². The third kappa shape index (κ3) is 2.79. The van der Waals surface area contributed by atoms with Crippen molar-refractivity contribution in [3.63, 3.8) is 0 Å². The Morgan fingerprint density at radius 2 is 1.54 bits per heavy atom. The zero-order chi connectivity index (χ0) is 19.0. The quantitative estimate of drug-likeness (QED) is 0.745. The smallest absolute Gasteiger partial charge is 0.203 e. The van der Waals surface area contributed by atoms with Gasteiger partial charge in [0, 0.05) is 16.6 Å². The van der Waals surface area contributed by atoms with Gasteiger partial charge in [0.25, 0.3) is 0 Å². The maximum absolute atomic E-state index is 10.3. The number of nitrogens with zero attached hydrogens (tertiary/aromatic N) is 1. The molecule has 3 aromatic rings. The van der Waals surface area contributed by atoms with Crippen LogP contribution < -0.4 is 14.2 Å². The molecule has 5 heteroatoms. The summed E-state index contributed by atoms with van der Waals surface area (Å²) < 4.78 is 16.2. The summed E-state index contributed by atoms with van der Waals surface area (Å²) >= 11 is 0. The highest BCUT2D eigenvalue weighted by molar-refractivity contribution is 5.94. The lowest BCUT2D eigenvalue weighted by molar-refractivity contribution is 0.333. The first-order valence-electron chi connectivity index (χ1n) is 8.32. The molecule has 26 heavy (non-hydrogen) atoms. The lowest BCUT2D eigenvalue weighted by atomic mass is 9.98. The van der Waals surface area contributed by atoms with Crippen molar-refractivity contribution in [2.75, 3.05) is 21.3 Å². The maximum atomic E-state index is 10.3. The molecule has 0 atom stereocenters. The Hall–Kier alpha value is -2.95. The SMILES string of the molecule is COc1cc(-c2cc3cc(C)c(C)c(OC)c3c(C)n2)cc(O)c1OC. The van der Waals surface area contributed by atoms with Crippen LogP contribution in [0, 0.1) is 20.8 Å². The van der Waals surface area contributed by atoms with E-state index in [9.17, 15) is 5.11 Å². The number of phenols is 1. The van der Waals surface area contributed by atoms with E-state index in [0.29, 0.717) is 11.5 Å². The minimum atomic E-state index is 0.0130. The van der Waals surface area contributed by atoms with Crippen LogP contribution in [0.25, 0.3) is 22.0 Å². The minimum Gasteiger partial charge on any atom is -0.504 e. The Morgan fingerprint density at radius 3 is 2.15 bits per heavy atom. The van der Waals surface area contributed by atoms with Gasteiger partial charge in [0.15, 0.2) is 11.5 Å². The van der Waals surface area contributed by atoms with Gasteiger partial charge in [-0.05, 0) is 55.5 Å². The molecular weight excluding hydrogens is 330 g/mol. The second-order valence-electron chi connectivity index (χ2n) is 6.27. The molecule has 5 nitrogen and oxygen atoms in total. The van der Waals surface area contributed by atoms with E-state index in [-0.39, 0.29) is 5.75 Å². The summed E-state index contributed by atoms with van der Waals surface area (Å²) in [5.74, 6) is 1.63. The van der Waals surface area contributed by atoms with Crippen molar-refractivity contribution in [2.45, 2.75) is 20.8 Å². The number of rotatable bonds is 4. The predicted octanol–water partition coefficient (Wildman–Crippen LogP) is 4.56. The van der Waals surface area contributed by atoms with Crippen molar-refractivity contribution in [3.8, 4) is 34.3 Å². The van der Waals surface area contributed by atoms with Crippen LogP contribution in [0.4, 0.5) is 0 Å². The lowest BCUT2D eigenvalue weighted by Gasteiger charge is -2.16. The van der Waals surface area contributed by atoms with E-state index in [1.807, 2.05) is 26.0 Å². The van der Waals surface area contributed by atoms with Gasteiger partial charge >= 0.3 is 0 Å². The van der Waals surface area contributed by atoms with Crippen molar-refractivity contribution in [3.05, 3.63) is 41.1 Å². The number of aryl methyl sites for hydroxylation is 2. The molecule has 0 amide bonds. The van der Waals surface area contributed by atoms with Gasteiger partial charge in [-0.2, -0.15) is 0 Å². The van der Waals surface area contributed by atoms with Gasteiger partial charge in [-0.3, -0.25) is 4.98 Å². The molecule has 136 valence electrons. The van der Waals surface area contributed by atoms with Crippen molar-refractivity contribution < 1.29 is 19.3 Å². The summed E-state index contributed by atoms with van der Waals surface area (Å²) in [7, 11) is 4.71. The molecule has 1 N–H and O–H groups in total. The van der Waals surface area contributed by atoms with Crippen LogP contribution in [0.2, 0.25) is 0 Å². The number of aromatic hydroxyl groups is 1. The molecule has 0 bridgehead atoms. The second-order valence-corrected chi connectivity index (χ2v) is 6.27. The monoisotopic (exact) mass is 353 g/mol. The highest BCUT2D eigenvalue weighted by atomic mass is 16.5. The Bertz CT molecular complexity index is 995. The normalized spacial score (nSPS) is 10.8. The maximum Gasteiger partial charge on any atom is 0.203 e. The Balaban J connectivity index is 2.28. The zero-order valence-corrected chi connectivity index (χ0v) is 15.9. The van der Waals surface area contributed by atoms with E-state index in [0.717, 1.165) is 44.6 Å². The van der Waals surface area contributed by atoms with Crippen LogP contribution in [-0.2, 0) is 0 Å². The first-order valence-corrected chi connectivity index (χ1v) is 8.32. The minimum absolute atomic E-state index is 0.0130. The topological polar surface area (TPSA) is 60.8 Å². The van der Waals surface area contributed by atoms with Crippen LogP contribution >= 0.6 is 0 Å². The predicted molar refractivity (Wildman–Crippen MR) is 103 cm³/mol. The number of benzene rings is 2. The molecule has 3 rings (SSSR count). The zero-order valence-electron chi connectivity index (χ0n) is 15.9. The standard InChI is InChI=1S/C21H23NO4/c1-11-7-15-8-16(22-13(3)19(15)20(25-5)12(11)2)14-9-17(23)21(26-6)18(10-14)24-4/h7-10,23H,1-6H3. The number of hydrogen-bond donors (Lipinski definition) is 1. The number of phenolic OH excluding ortho intramolecular Hbond substituents is 1. The molecule has 0 saturated carbocycles. The number of aromatic nitrogens is 1. The number of ether oxygens (including phenoxy) is 3. The number of methoxy groups -OCH3 is 3. The van der Waals surface area contributed by atoms with Crippen molar-refractivity contribution in [1.29, 1.82) is 0 Å². The summed E-state index contributed by atoms with van der Waals surface area (Å²) in [6.45, 7) is 6.08. The van der Waals surface area contributed by atoms with Gasteiger partial charge in [-0.1, -0.05) is 6.07 Å². The van der Waals surface area contributed by atoms with Crippen LogP contribution in [0.5, 0.6) is 23.0 Å². The van der Waals surface area contributed by atoms with Crippen LogP contribution in [0.1, 0.15) is 16.8 Å². The van der Waals surface area contributed by atoms with E-state index in [4.69, 9.17) is 19.2 Å². The largest absolute Gasteiger partial charge is 0.504 e. The second kappa shape index (κ2) is 6.75. The summed E-state index contributed by atoms with van der Waals surface area (Å²) in [4.78, 5) is 4.74. The first-order chi connectivity index (χ1) is 12.4. The Kier molecular flexibility index (Phi) is 4.64. The lowest BCUT2D eigenvalue weighted by Crippen LogP contribution is -1.97. The summed E-state index contributed by atoms with van der Waals surface area (Å²) in [5.41, 5.74) is 4.63. The highest BCUT2D eigenvalue weighted by Crippen LogP contribution is 2.41. The third-order valence-corrected chi connectivity index (χ3v) is 4.72. The van der Waals surface area contributed by atoms with Crippen LogP contribution in [0.3, 0.4) is 0 Å². The number of fused-ring (bicyclic) bond motifs is 1. The molecule has 0 spiro atoms. The fourth-order valence-corrected chi connectivity index (χ4v) is 3.31. The van der Waals surface area contributed by atoms with E-state index in [2.05, 4.69) is 13.0 Å². The fourth-order valence-electron chi connectivity index (χ4n) is 3.31. The fraction of sp³-hybridized carbons (Fsp3) is 0.286. The van der Waals surface area contributed by atoms with E-state index in [1.54, 1.807) is 13.2 Å². The molecule has 0 saturated heterocycles. The van der Waals surface area contributed by atoms with Gasteiger partial charge in [0.2, 0.25) is 5.75 Å². The van der Waals surface area contributed by atoms with Gasteiger partial charge in [-0.25, -0.2) is 0 Å². The molecule has 0 aliphatic rings. The van der Waals surface area contributed by atoms with Gasteiger partial charge in [0.05, 0.1) is 27.0 Å². The van der Waals surface area contributed by atoms with Crippen molar-refractivity contribution in [1.82, 2.24) is 4.98 Å². The van der Waals surface area contributed by atoms with E-state index < -0.39 is 0 Å². The summed E-state index contributed by atoms with van der Waals surface area (Å²) in [5, 5.41) is 12.3. The van der Waals surface area contributed by atoms with E-state index in [1.165, 1.54) is 14.2 Å². The molecule has 0 aliphatic heterocycles. The average Bonchev–Trinajstić information content (AvgIpc) is 2.62. The number of pyridine rings is 1. The molecule has 1 aromatic heterocycles.